The predicted molar refractivity (Wildman–Crippen MR) is 114 cm³/mol. The molecule has 2 aromatic carbocycles. The van der Waals surface area contributed by atoms with Crippen LogP contribution < -0.4 is 0 Å². The monoisotopic (exact) mass is 556 g/mol. The second kappa shape index (κ2) is 11.9. The Morgan fingerprint density at radius 3 is 1.46 bits per heavy atom. The molecule has 0 unspecified atom stereocenters. The summed E-state index contributed by atoms with van der Waals surface area (Å²) in [6, 6.07) is 3.75. The number of hydrogen-bond donors (Lipinski definition) is 0. The minimum absolute atomic E-state index is 0.433. The molecule has 37 heavy (non-hydrogen) atoms. The van der Waals surface area contributed by atoms with Gasteiger partial charge in [-0.05, 0) is 10.3 Å². The Morgan fingerprint density at radius 2 is 1.16 bits per heavy atom. The maximum Gasteiger partial charge on any atom is 0.437 e. The zero-order chi connectivity index (χ0) is 27.9. The molecular weight excluding hydrogens is 553 g/mol. The van der Waals surface area contributed by atoms with Crippen molar-refractivity contribution in [2.45, 2.75) is 0 Å². The van der Waals surface area contributed by atoms with Gasteiger partial charge in [-0.25, -0.2) is 9.59 Å². The van der Waals surface area contributed by atoms with E-state index in [0.29, 0.717) is 24.3 Å². The maximum atomic E-state index is 13.9. The summed E-state index contributed by atoms with van der Waals surface area (Å²) < 4.78 is 33.1. The number of halogens is 4. The van der Waals surface area contributed by atoms with Gasteiger partial charge in [0, 0.05) is 24.3 Å². The lowest BCUT2D eigenvalue weighted by Gasteiger charge is -2.12. The molecular formula is C18H4Cl2F2N6O9. The minimum Gasteiger partial charge on any atom is -0.413 e. The quantitative estimate of drug-likeness (QED) is 0.125. The highest BCUT2D eigenvalue weighted by Crippen LogP contribution is 2.30. The number of carbonyl (C=O) groups is 2. The molecule has 0 saturated carbocycles. The number of nitro benzene ring substituents is 2. The van der Waals surface area contributed by atoms with Gasteiger partial charge < -0.3 is 4.74 Å². The molecule has 188 valence electrons. The SMILES string of the molecule is N#CC(=O)ON=C(OC(=NOC(=O)C#N)c1cc([N+](=O)[O-])c(F)cc1Cl)c1cc([N+](=O)[O-])c(F)cc1Cl. The van der Waals surface area contributed by atoms with Crippen LogP contribution in [0.3, 0.4) is 0 Å². The summed E-state index contributed by atoms with van der Waals surface area (Å²) in [5, 5.41) is 44.4. The number of nitro groups is 2. The number of hydrogen-bond acceptors (Lipinski definition) is 13. The molecule has 0 spiro atoms. The number of nitriles is 2. The van der Waals surface area contributed by atoms with Gasteiger partial charge in [-0.1, -0.05) is 23.2 Å². The van der Waals surface area contributed by atoms with Crippen LogP contribution in [0, 0.1) is 54.5 Å². The van der Waals surface area contributed by atoms with Crippen molar-refractivity contribution in [2.75, 3.05) is 0 Å². The van der Waals surface area contributed by atoms with Gasteiger partial charge in [-0.3, -0.25) is 29.9 Å². The fourth-order valence-electron chi connectivity index (χ4n) is 2.23. The predicted octanol–water partition coefficient (Wildman–Crippen LogP) is 3.26. The number of nitrogens with zero attached hydrogens (tertiary/aromatic N) is 6. The standard InChI is InChI=1S/C18H4Cl2F2N6O9/c19-9-3-11(21)13(27(31)32)1-7(9)17(25-36-15(29)5-23)35-18(26-37-16(30)6-24)8-2-14(28(33)34)12(22)4-10(8)20/h1-4H. The molecule has 0 saturated heterocycles. The summed E-state index contributed by atoms with van der Waals surface area (Å²) in [5.74, 6) is -8.35. The first-order valence-corrected chi connectivity index (χ1v) is 9.48. The van der Waals surface area contributed by atoms with Crippen molar-refractivity contribution in [3.8, 4) is 12.1 Å². The summed E-state index contributed by atoms with van der Waals surface area (Å²) >= 11 is 11.8. The van der Waals surface area contributed by atoms with Gasteiger partial charge in [0.2, 0.25) is 11.6 Å². The van der Waals surface area contributed by atoms with E-state index in [0.717, 1.165) is 12.1 Å². The van der Waals surface area contributed by atoms with E-state index in [1.807, 2.05) is 0 Å². The largest absolute Gasteiger partial charge is 0.437 e. The van der Waals surface area contributed by atoms with E-state index in [1.165, 1.54) is 0 Å². The van der Waals surface area contributed by atoms with Crippen molar-refractivity contribution < 1.29 is 42.6 Å². The van der Waals surface area contributed by atoms with Crippen molar-refractivity contribution >= 4 is 58.3 Å². The molecule has 0 amide bonds. The first-order chi connectivity index (χ1) is 17.4. The molecule has 0 radical (unpaired) electrons. The molecule has 0 aliphatic heterocycles. The third-order valence-electron chi connectivity index (χ3n) is 3.73. The first-order valence-electron chi connectivity index (χ1n) is 8.73. The lowest BCUT2D eigenvalue weighted by molar-refractivity contribution is -0.387. The Bertz CT molecular complexity index is 1370. The average molecular weight is 557 g/mol. The normalized spacial score (nSPS) is 11.1. The molecule has 0 aliphatic carbocycles. The van der Waals surface area contributed by atoms with E-state index in [2.05, 4.69) is 20.0 Å². The Kier molecular flexibility index (Phi) is 9.02. The second-order valence-electron chi connectivity index (χ2n) is 5.96. The fourth-order valence-corrected chi connectivity index (χ4v) is 2.69. The molecule has 0 heterocycles. The zero-order valence-corrected chi connectivity index (χ0v) is 18.7. The molecule has 0 bridgehead atoms. The van der Waals surface area contributed by atoms with E-state index < -0.39 is 77.8 Å². The molecule has 0 aromatic heterocycles. The summed E-state index contributed by atoms with van der Waals surface area (Å²) in [6.07, 6.45) is 0. The number of carbonyl (C=O) groups excluding carboxylic acids is 2. The van der Waals surface area contributed by atoms with Crippen LogP contribution in [0.5, 0.6) is 0 Å². The van der Waals surface area contributed by atoms with Gasteiger partial charge in [0.15, 0.2) is 12.1 Å². The molecule has 2 aromatic rings. The number of ether oxygens (including phenoxy) is 1. The van der Waals surface area contributed by atoms with Crippen molar-refractivity contribution in [1.29, 1.82) is 10.5 Å². The van der Waals surface area contributed by atoms with Crippen molar-refractivity contribution in [2.24, 2.45) is 10.3 Å². The number of oxime groups is 2. The van der Waals surface area contributed by atoms with Gasteiger partial charge in [-0.15, -0.1) is 0 Å². The molecule has 0 atom stereocenters. The smallest absolute Gasteiger partial charge is 0.413 e. The van der Waals surface area contributed by atoms with Crippen LogP contribution in [0.25, 0.3) is 0 Å². The van der Waals surface area contributed by atoms with Crippen LogP contribution in [-0.2, 0) is 24.0 Å². The highest BCUT2D eigenvalue weighted by Gasteiger charge is 2.27. The molecule has 0 fully saturated rings. The lowest BCUT2D eigenvalue weighted by Crippen LogP contribution is -2.19. The molecule has 0 N–H and O–H groups in total. The minimum atomic E-state index is -1.65. The van der Waals surface area contributed by atoms with Crippen LogP contribution in [0.4, 0.5) is 20.2 Å². The van der Waals surface area contributed by atoms with Gasteiger partial charge >= 0.3 is 23.3 Å². The second-order valence-corrected chi connectivity index (χ2v) is 6.77. The third kappa shape index (κ3) is 6.88. The Labute approximate surface area is 211 Å². The molecule has 0 aliphatic rings. The van der Waals surface area contributed by atoms with E-state index in [9.17, 15) is 38.6 Å². The van der Waals surface area contributed by atoms with Crippen LogP contribution >= 0.6 is 23.2 Å². The van der Waals surface area contributed by atoms with Crippen LogP contribution in [0.15, 0.2) is 34.6 Å². The average Bonchev–Trinajstić information content (AvgIpc) is 2.83. The van der Waals surface area contributed by atoms with E-state index >= 15 is 0 Å². The fraction of sp³-hybridized carbons (Fsp3) is 0. The maximum absolute atomic E-state index is 13.9. The van der Waals surface area contributed by atoms with Gasteiger partial charge in [0.25, 0.3) is 11.8 Å². The van der Waals surface area contributed by atoms with Crippen LogP contribution in [0.2, 0.25) is 10.0 Å². The molecule has 15 nitrogen and oxygen atoms in total. The van der Waals surface area contributed by atoms with E-state index in [-0.39, 0.29) is 0 Å². The van der Waals surface area contributed by atoms with Crippen LogP contribution in [-0.4, -0.2) is 33.6 Å². The van der Waals surface area contributed by atoms with Crippen molar-refractivity contribution in [3.63, 3.8) is 0 Å². The third-order valence-corrected chi connectivity index (χ3v) is 4.35. The highest BCUT2D eigenvalue weighted by molar-refractivity contribution is 6.35. The summed E-state index contributed by atoms with van der Waals surface area (Å²) in [4.78, 5) is 50.9. The summed E-state index contributed by atoms with van der Waals surface area (Å²) in [7, 11) is 0. The Balaban J connectivity index is 2.79. The summed E-state index contributed by atoms with van der Waals surface area (Å²) in [5.41, 5.74) is -3.75. The van der Waals surface area contributed by atoms with Crippen molar-refractivity contribution in [3.05, 3.63) is 77.3 Å². The highest BCUT2D eigenvalue weighted by atomic mass is 35.5. The Morgan fingerprint density at radius 1 is 0.811 bits per heavy atom. The Hall–Kier alpha value is -5.26. The lowest BCUT2D eigenvalue weighted by atomic mass is 10.1. The van der Waals surface area contributed by atoms with E-state index in [4.69, 9.17) is 38.5 Å². The topological polar surface area (TPSA) is 220 Å². The molecule has 19 heteroatoms. The zero-order valence-electron chi connectivity index (χ0n) is 17.2. The van der Waals surface area contributed by atoms with E-state index in [1.54, 1.807) is 0 Å². The van der Waals surface area contributed by atoms with Crippen LogP contribution in [0.1, 0.15) is 11.1 Å². The first kappa shape index (κ1) is 28.0. The van der Waals surface area contributed by atoms with Gasteiger partial charge in [0.1, 0.15) is 0 Å². The summed E-state index contributed by atoms with van der Waals surface area (Å²) in [6.45, 7) is 0. The number of rotatable bonds is 6. The van der Waals surface area contributed by atoms with Gasteiger partial charge in [0.05, 0.1) is 31.0 Å². The molecule has 2 rings (SSSR count). The van der Waals surface area contributed by atoms with Crippen molar-refractivity contribution in [1.82, 2.24) is 0 Å². The number of benzene rings is 2. The van der Waals surface area contributed by atoms with Gasteiger partial charge in [-0.2, -0.15) is 19.3 Å².